The zero-order chi connectivity index (χ0) is 14.6. The van der Waals surface area contributed by atoms with Crippen molar-refractivity contribution in [2.45, 2.75) is 13.8 Å². The van der Waals surface area contributed by atoms with Gasteiger partial charge in [0.05, 0.1) is 20.2 Å². The summed E-state index contributed by atoms with van der Waals surface area (Å²) in [5.74, 6) is -1.04. The Kier molecular flexibility index (Phi) is 2.81. The van der Waals surface area contributed by atoms with Gasteiger partial charge in [0.15, 0.2) is 17.3 Å². The minimum Gasteiger partial charge on any atom is -0.294 e. The molecule has 0 unspecified atom stereocenters. The van der Waals surface area contributed by atoms with Gasteiger partial charge in [-0.2, -0.15) is 0 Å². The Bertz CT molecular complexity index is 803. The van der Waals surface area contributed by atoms with Crippen molar-refractivity contribution in [2.24, 2.45) is 0 Å². The number of hydrogen-bond acceptors (Lipinski definition) is 6. The Morgan fingerprint density at radius 1 is 1.00 bits per heavy atom. The van der Waals surface area contributed by atoms with Gasteiger partial charge in [-0.15, -0.1) is 22.7 Å². The third-order valence-corrected chi connectivity index (χ3v) is 5.35. The van der Waals surface area contributed by atoms with Gasteiger partial charge in [0.2, 0.25) is 5.78 Å². The molecule has 4 nitrogen and oxygen atoms in total. The van der Waals surface area contributed by atoms with Crippen molar-refractivity contribution in [3.05, 3.63) is 42.8 Å². The number of rotatable bonds is 2. The molecular formula is C14H8O4S2. The smallest absolute Gasteiger partial charge is 0.214 e. The van der Waals surface area contributed by atoms with Gasteiger partial charge in [0, 0.05) is 16.5 Å². The summed E-state index contributed by atoms with van der Waals surface area (Å²) in [5.41, 5.74) is 0.705. The van der Waals surface area contributed by atoms with E-state index in [0.29, 0.717) is 14.6 Å². The summed E-state index contributed by atoms with van der Waals surface area (Å²) < 4.78 is 0. The van der Waals surface area contributed by atoms with Crippen LogP contribution in [-0.2, 0) is 0 Å². The monoisotopic (exact) mass is 304 g/mol. The zero-order valence-electron chi connectivity index (χ0n) is 10.6. The van der Waals surface area contributed by atoms with Gasteiger partial charge in [-0.05, 0) is 19.9 Å². The van der Waals surface area contributed by atoms with Crippen molar-refractivity contribution in [2.75, 3.05) is 0 Å². The number of fused-ring (bicyclic) bond motifs is 2. The minimum absolute atomic E-state index is 0.180. The summed E-state index contributed by atoms with van der Waals surface area (Å²) in [5, 5.41) is 1.55. The summed E-state index contributed by atoms with van der Waals surface area (Å²) in [4.78, 5) is 48.8. The predicted octanol–water partition coefficient (Wildman–Crippen LogP) is 2.99. The molecule has 3 rings (SSSR count). The molecule has 2 aromatic rings. The third-order valence-electron chi connectivity index (χ3n) is 3.13. The highest BCUT2D eigenvalue weighted by Gasteiger charge is 2.36. The van der Waals surface area contributed by atoms with E-state index in [0.717, 1.165) is 22.7 Å². The van der Waals surface area contributed by atoms with E-state index in [-0.39, 0.29) is 39.8 Å². The molecule has 1 aliphatic rings. The number of ketones is 4. The molecule has 2 heterocycles. The van der Waals surface area contributed by atoms with Crippen LogP contribution < -0.4 is 0 Å². The van der Waals surface area contributed by atoms with Crippen molar-refractivity contribution in [3.63, 3.8) is 0 Å². The molecule has 100 valence electrons. The molecule has 0 saturated carbocycles. The molecule has 0 aliphatic heterocycles. The Balaban J connectivity index is 2.26. The predicted molar refractivity (Wildman–Crippen MR) is 75.5 cm³/mol. The molecule has 2 aromatic heterocycles. The normalized spacial score (nSPS) is 13.1. The minimum atomic E-state index is -0.343. The van der Waals surface area contributed by atoms with Crippen molar-refractivity contribution in [3.8, 4) is 0 Å². The fraction of sp³-hybridized carbons (Fsp3) is 0.143. The van der Waals surface area contributed by atoms with Crippen LogP contribution in [0.2, 0.25) is 0 Å². The molecular weight excluding hydrogens is 296 g/mol. The van der Waals surface area contributed by atoms with Gasteiger partial charge >= 0.3 is 0 Å². The van der Waals surface area contributed by atoms with Crippen LogP contribution in [0.15, 0.2) is 11.4 Å². The number of hydrogen-bond donors (Lipinski definition) is 0. The molecule has 0 spiro atoms. The first kappa shape index (κ1) is 13.1. The van der Waals surface area contributed by atoms with E-state index in [1.807, 2.05) is 0 Å². The fourth-order valence-corrected chi connectivity index (χ4v) is 4.26. The highest BCUT2D eigenvalue weighted by Crippen LogP contribution is 2.37. The Morgan fingerprint density at radius 2 is 1.70 bits per heavy atom. The lowest BCUT2D eigenvalue weighted by Gasteiger charge is -2.10. The number of carbonyl (C=O) groups excluding carboxylic acids is 4. The van der Waals surface area contributed by atoms with Crippen molar-refractivity contribution < 1.29 is 19.2 Å². The Hall–Kier alpha value is -1.92. The number of thiophene rings is 2. The van der Waals surface area contributed by atoms with Crippen LogP contribution >= 0.6 is 22.7 Å². The van der Waals surface area contributed by atoms with Crippen LogP contribution in [0.3, 0.4) is 0 Å². The summed E-state index contributed by atoms with van der Waals surface area (Å²) in [6.45, 7) is 2.76. The van der Waals surface area contributed by atoms with E-state index in [2.05, 4.69) is 0 Å². The van der Waals surface area contributed by atoms with Crippen LogP contribution in [-0.4, -0.2) is 23.1 Å². The Labute approximate surface area is 122 Å². The SMILES string of the molecule is CC(=O)c1cc2c(s1)C(=O)c1scc(C(C)=O)c1C2=O. The molecule has 0 atom stereocenters. The average Bonchev–Trinajstić information content (AvgIpc) is 3.00. The van der Waals surface area contributed by atoms with Crippen LogP contribution in [0.5, 0.6) is 0 Å². The third kappa shape index (κ3) is 1.65. The lowest BCUT2D eigenvalue weighted by atomic mass is 9.91. The topological polar surface area (TPSA) is 68.3 Å². The molecule has 1 aliphatic carbocycles. The first-order chi connectivity index (χ1) is 9.41. The van der Waals surface area contributed by atoms with Crippen molar-refractivity contribution in [1.82, 2.24) is 0 Å². The van der Waals surface area contributed by atoms with E-state index < -0.39 is 0 Å². The fourth-order valence-electron chi connectivity index (χ4n) is 2.15. The highest BCUT2D eigenvalue weighted by atomic mass is 32.1. The second kappa shape index (κ2) is 4.29. The molecule has 20 heavy (non-hydrogen) atoms. The lowest BCUT2D eigenvalue weighted by molar-refractivity contribution is 0.0972. The first-order valence-corrected chi connectivity index (χ1v) is 7.48. The molecule has 0 amide bonds. The largest absolute Gasteiger partial charge is 0.294 e. The quantitative estimate of drug-likeness (QED) is 0.683. The summed E-state index contributed by atoms with van der Waals surface area (Å²) in [7, 11) is 0. The highest BCUT2D eigenvalue weighted by molar-refractivity contribution is 7.19. The maximum Gasteiger partial charge on any atom is 0.214 e. The van der Waals surface area contributed by atoms with Crippen molar-refractivity contribution >= 4 is 45.8 Å². The van der Waals surface area contributed by atoms with E-state index in [1.54, 1.807) is 5.38 Å². The van der Waals surface area contributed by atoms with Gasteiger partial charge in [-0.3, -0.25) is 19.2 Å². The van der Waals surface area contributed by atoms with Gasteiger partial charge < -0.3 is 0 Å². The number of carbonyl (C=O) groups is 4. The molecule has 0 bridgehead atoms. The maximum atomic E-state index is 12.5. The van der Waals surface area contributed by atoms with Gasteiger partial charge in [-0.1, -0.05) is 0 Å². The molecule has 6 heteroatoms. The van der Waals surface area contributed by atoms with E-state index >= 15 is 0 Å². The second-order valence-electron chi connectivity index (χ2n) is 4.48. The average molecular weight is 304 g/mol. The first-order valence-electron chi connectivity index (χ1n) is 5.78. The summed E-state index contributed by atoms with van der Waals surface area (Å²) >= 11 is 2.14. The van der Waals surface area contributed by atoms with Crippen LogP contribution in [0, 0.1) is 0 Å². The standard InChI is InChI=1S/C14H8O4S2/c1-5(15)8-4-19-14-10(8)11(17)7-3-9(6(2)16)20-13(7)12(14)18/h3-4H,1-2H3. The van der Waals surface area contributed by atoms with Crippen LogP contribution in [0.25, 0.3) is 0 Å². The van der Waals surface area contributed by atoms with Gasteiger partial charge in [-0.25, -0.2) is 0 Å². The summed E-state index contributed by atoms with van der Waals surface area (Å²) in [6.07, 6.45) is 0. The molecule has 0 N–H and O–H groups in total. The van der Waals surface area contributed by atoms with Gasteiger partial charge in [0.25, 0.3) is 0 Å². The molecule has 0 fully saturated rings. The lowest BCUT2D eigenvalue weighted by Crippen LogP contribution is -2.18. The van der Waals surface area contributed by atoms with Crippen LogP contribution in [0.4, 0.5) is 0 Å². The second-order valence-corrected chi connectivity index (χ2v) is 6.41. The van der Waals surface area contributed by atoms with Gasteiger partial charge in [0.1, 0.15) is 0 Å². The van der Waals surface area contributed by atoms with E-state index in [1.165, 1.54) is 19.9 Å². The zero-order valence-corrected chi connectivity index (χ0v) is 12.2. The van der Waals surface area contributed by atoms with E-state index in [9.17, 15) is 19.2 Å². The maximum absolute atomic E-state index is 12.5. The Morgan fingerprint density at radius 3 is 2.30 bits per heavy atom. The molecule has 0 saturated heterocycles. The number of Topliss-reactive ketones (excluding diaryl/α,β-unsaturated/α-hetero) is 2. The van der Waals surface area contributed by atoms with Crippen molar-refractivity contribution in [1.29, 1.82) is 0 Å². The molecule has 0 radical (unpaired) electrons. The summed E-state index contributed by atoms with van der Waals surface area (Å²) in [6, 6.07) is 1.45. The van der Waals surface area contributed by atoms with E-state index in [4.69, 9.17) is 0 Å². The van der Waals surface area contributed by atoms with Crippen LogP contribution in [0.1, 0.15) is 64.3 Å². The molecule has 0 aromatic carbocycles.